The molecule has 6 heteroatoms. The number of benzene rings is 1. The molecule has 0 radical (unpaired) electrons. The normalized spacial score (nSPS) is 10.6. The van der Waals surface area contributed by atoms with Gasteiger partial charge in [-0.25, -0.2) is 4.98 Å². The quantitative estimate of drug-likeness (QED) is 0.877. The monoisotopic (exact) mass is 326 g/mol. The van der Waals surface area contributed by atoms with Crippen molar-refractivity contribution in [2.24, 2.45) is 0 Å². The molecule has 0 bridgehead atoms. The summed E-state index contributed by atoms with van der Waals surface area (Å²) in [6, 6.07) is 5.89. The van der Waals surface area contributed by atoms with E-state index in [4.69, 9.17) is 5.11 Å². The molecule has 0 unspecified atom stereocenters. The van der Waals surface area contributed by atoms with Gasteiger partial charge in [0.25, 0.3) is 0 Å². The van der Waals surface area contributed by atoms with Crippen molar-refractivity contribution in [1.29, 1.82) is 0 Å². The van der Waals surface area contributed by atoms with Crippen LogP contribution in [0.25, 0.3) is 5.69 Å². The lowest BCUT2D eigenvalue weighted by Crippen LogP contribution is -2.02. The van der Waals surface area contributed by atoms with E-state index in [0.717, 1.165) is 15.7 Å². The van der Waals surface area contributed by atoms with E-state index < -0.39 is 5.97 Å². The Balaban J connectivity index is 2.36. The number of aliphatic carboxylic acids is 1. The number of hydrogen-bond donors (Lipinski definition) is 1. The van der Waals surface area contributed by atoms with Crippen LogP contribution in [-0.2, 0) is 4.79 Å². The fraction of sp³-hybridized carbons (Fsp3) is 0.167. The van der Waals surface area contributed by atoms with Gasteiger partial charge in [0.15, 0.2) is 5.16 Å². The number of carbonyl (C=O) groups is 1. The first-order valence-electron chi connectivity index (χ1n) is 5.23. The predicted molar refractivity (Wildman–Crippen MR) is 74.4 cm³/mol. The minimum atomic E-state index is -0.847. The van der Waals surface area contributed by atoms with Gasteiger partial charge in [0.05, 0.1) is 11.4 Å². The highest BCUT2D eigenvalue weighted by Gasteiger charge is 2.10. The van der Waals surface area contributed by atoms with Crippen LogP contribution in [0.15, 0.2) is 40.2 Å². The van der Waals surface area contributed by atoms with Gasteiger partial charge in [0.1, 0.15) is 0 Å². The van der Waals surface area contributed by atoms with E-state index in [-0.39, 0.29) is 5.75 Å². The number of halogens is 1. The number of imidazole rings is 1. The maximum atomic E-state index is 10.6. The minimum absolute atomic E-state index is 0.00403. The van der Waals surface area contributed by atoms with E-state index in [1.54, 1.807) is 6.20 Å². The molecule has 18 heavy (non-hydrogen) atoms. The van der Waals surface area contributed by atoms with E-state index >= 15 is 0 Å². The van der Waals surface area contributed by atoms with Crippen LogP contribution >= 0.6 is 27.7 Å². The lowest BCUT2D eigenvalue weighted by atomic mass is 10.2. The molecule has 0 saturated heterocycles. The summed E-state index contributed by atoms with van der Waals surface area (Å²) < 4.78 is 2.91. The largest absolute Gasteiger partial charge is 0.481 e. The smallest absolute Gasteiger partial charge is 0.313 e. The summed E-state index contributed by atoms with van der Waals surface area (Å²) in [5, 5.41) is 9.39. The summed E-state index contributed by atoms with van der Waals surface area (Å²) in [6.45, 7) is 2.01. The number of nitrogens with zero attached hydrogens (tertiary/aromatic N) is 2. The van der Waals surface area contributed by atoms with Gasteiger partial charge in [-0.2, -0.15) is 0 Å². The first-order valence-corrected chi connectivity index (χ1v) is 7.01. The number of carboxylic acids is 1. The van der Waals surface area contributed by atoms with Crippen molar-refractivity contribution in [2.75, 3.05) is 5.75 Å². The second kappa shape index (κ2) is 5.58. The molecule has 0 aliphatic heterocycles. The Morgan fingerprint density at radius 3 is 3.06 bits per heavy atom. The number of carboxylic acid groups (broad SMARTS) is 1. The Morgan fingerprint density at radius 2 is 2.33 bits per heavy atom. The van der Waals surface area contributed by atoms with Gasteiger partial charge in [-0.1, -0.05) is 33.8 Å². The van der Waals surface area contributed by atoms with Crippen LogP contribution in [0.3, 0.4) is 0 Å². The van der Waals surface area contributed by atoms with Crippen molar-refractivity contribution in [2.45, 2.75) is 12.1 Å². The average Bonchev–Trinajstić information content (AvgIpc) is 2.78. The van der Waals surface area contributed by atoms with Crippen LogP contribution in [0.5, 0.6) is 0 Å². The summed E-state index contributed by atoms with van der Waals surface area (Å²) in [4.78, 5) is 14.8. The van der Waals surface area contributed by atoms with Crippen LogP contribution in [0.4, 0.5) is 0 Å². The molecule has 2 aromatic rings. The van der Waals surface area contributed by atoms with Crippen molar-refractivity contribution >= 4 is 33.7 Å². The van der Waals surface area contributed by atoms with Crippen molar-refractivity contribution < 1.29 is 9.90 Å². The molecule has 94 valence electrons. The molecule has 1 aromatic carbocycles. The van der Waals surface area contributed by atoms with E-state index in [0.29, 0.717) is 5.16 Å². The van der Waals surface area contributed by atoms with Crippen molar-refractivity contribution in [3.63, 3.8) is 0 Å². The second-order valence-corrected chi connectivity index (χ2v) is 5.44. The number of aromatic nitrogens is 2. The summed E-state index contributed by atoms with van der Waals surface area (Å²) in [7, 11) is 0. The van der Waals surface area contributed by atoms with Crippen molar-refractivity contribution in [3.8, 4) is 5.69 Å². The highest BCUT2D eigenvalue weighted by Crippen LogP contribution is 2.26. The first-order chi connectivity index (χ1) is 8.59. The summed E-state index contributed by atoms with van der Waals surface area (Å²) in [6.07, 6.45) is 3.50. The molecular formula is C12H11BrN2O2S. The van der Waals surface area contributed by atoms with E-state index in [1.165, 1.54) is 11.8 Å². The lowest BCUT2D eigenvalue weighted by Gasteiger charge is -2.11. The Kier molecular flexibility index (Phi) is 4.08. The fourth-order valence-corrected chi connectivity index (χ4v) is 2.61. The molecule has 4 nitrogen and oxygen atoms in total. The van der Waals surface area contributed by atoms with Gasteiger partial charge < -0.3 is 5.11 Å². The standard InChI is InChI=1S/C12H11BrN2O2S/c1-8-9(13)3-2-4-10(8)15-6-5-14-12(15)18-7-11(16)17/h2-6H,7H2,1H3,(H,16,17). The SMILES string of the molecule is Cc1c(Br)cccc1-n1ccnc1SCC(=O)O. The van der Waals surface area contributed by atoms with Crippen molar-refractivity contribution in [3.05, 3.63) is 40.6 Å². The third-order valence-electron chi connectivity index (χ3n) is 2.43. The van der Waals surface area contributed by atoms with Crippen LogP contribution < -0.4 is 0 Å². The molecule has 1 N–H and O–H groups in total. The Hall–Kier alpha value is -1.27. The fourth-order valence-electron chi connectivity index (χ4n) is 1.56. The molecule has 0 aliphatic rings. The topological polar surface area (TPSA) is 55.1 Å². The number of rotatable bonds is 4. The molecule has 0 amide bonds. The van der Waals surface area contributed by atoms with Crippen LogP contribution in [0.1, 0.15) is 5.56 Å². The van der Waals surface area contributed by atoms with Crippen LogP contribution in [-0.4, -0.2) is 26.4 Å². The Morgan fingerprint density at radius 1 is 1.56 bits per heavy atom. The number of thioether (sulfide) groups is 1. The summed E-state index contributed by atoms with van der Waals surface area (Å²) in [5.74, 6) is -0.843. The minimum Gasteiger partial charge on any atom is -0.481 e. The van der Waals surface area contributed by atoms with Gasteiger partial charge >= 0.3 is 5.97 Å². The van der Waals surface area contributed by atoms with E-state index in [1.807, 2.05) is 35.9 Å². The molecule has 0 fully saturated rings. The lowest BCUT2D eigenvalue weighted by molar-refractivity contribution is -0.133. The van der Waals surface area contributed by atoms with Crippen LogP contribution in [0, 0.1) is 6.92 Å². The Bertz CT molecular complexity index is 583. The highest BCUT2D eigenvalue weighted by atomic mass is 79.9. The average molecular weight is 327 g/mol. The maximum absolute atomic E-state index is 10.6. The molecular weight excluding hydrogens is 316 g/mol. The zero-order valence-electron chi connectivity index (χ0n) is 9.63. The molecule has 2 rings (SSSR count). The molecule has 1 aromatic heterocycles. The van der Waals surface area contributed by atoms with Gasteiger partial charge in [-0.3, -0.25) is 9.36 Å². The Labute approximate surface area is 117 Å². The van der Waals surface area contributed by atoms with Crippen molar-refractivity contribution in [1.82, 2.24) is 9.55 Å². The molecule has 1 heterocycles. The third kappa shape index (κ3) is 2.76. The third-order valence-corrected chi connectivity index (χ3v) is 4.24. The zero-order valence-corrected chi connectivity index (χ0v) is 12.0. The molecule has 0 atom stereocenters. The zero-order chi connectivity index (χ0) is 13.1. The highest BCUT2D eigenvalue weighted by molar-refractivity contribution is 9.10. The van der Waals surface area contributed by atoms with E-state index in [2.05, 4.69) is 20.9 Å². The van der Waals surface area contributed by atoms with Gasteiger partial charge in [0.2, 0.25) is 0 Å². The summed E-state index contributed by atoms with van der Waals surface area (Å²) >= 11 is 4.69. The molecule has 0 spiro atoms. The van der Waals surface area contributed by atoms with Gasteiger partial charge in [0, 0.05) is 16.9 Å². The maximum Gasteiger partial charge on any atom is 0.313 e. The predicted octanol–water partition coefficient (Wildman–Crippen LogP) is 3.12. The van der Waals surface area contributed by atoms with Gasteiger partial charge in [-0.05, 0) is 24.6 Å². The van der Waals surface area contributed by atoms with Crippen LogP contribution in [0.2, 0.25) is 0 Å². The molecule has 0 aliphatic carbocycles. The number of hydrogen-bond acceptors (Lipinski definition) is 3. The first kappa shape index (κ1) is 13.2. The second-order valence-electron chi connectivity index (χ2n) is 3.65. The summed E-state index contributed by atoms with van der Waals surface area (Å²) in [5.41, 5.74) is 2.09. The van der Waals surface area contributed by atoms with E-state index in [9.17, 15) is 4.79 Å². The molecule has 0 saturated carbocycles. The van der Waals surface area contributed by atoms with Gasteiger partial charge in [-0.15, -0.1) is 0 Å².